The van der Waals surface area contributed by atoms with Crippen molar-refractivity contribution in [3.63, 3.8) is 0 Å². The molecule has 11 nitrogen and oxygen atoms in total. The summed E-state index contributed by atoms with van der Waals surface area (Å²) >= 11 is 6.61. The molecule has 3 aromatic rings. The predicted octanol–water partition coefficient (Wildman–Crippen LogP) is 3.82. The van der Waals surface area contributed by atoms with Crippen molar-refractivity contribution in [2.24, 2.45) is 5.41 Å². The minimum absolute atomic E-state index is 0.0749. The average Bonchev–Trinajstić information content (AvgIpc) is 3.60. The van der Waals surface area contributed by atoms with E-state index in [0.717, 1.165) is 18.4 Å². The fourth-order valence-electron chi connectivity index (χ4n) is 6.30. The predicted molar refractivity (Wildman–Crippen MR) is 156 cm³/mol. The molecule has 3 aliphatic rings. The van der Waals surface area contributed by atoms with Gasteiger partial charge in [0.25, 0.3) is 5.56 Å². The number of carbonyl (C=O) groups excluding carboxylic acids is 1. The molecular weight excluding hydrogens is 562 g/mol. The van der Waals surface area contributed by atoms with Gasteiger partial charge in [0.05, 0.1) is 42.3 Å². The standard InChI is InChI=1S/C30H36ClN5O6/c1-28(2)17-42-15-22(36(28)27(39)40)19-4-6-20(7-5-19)35-23(31)14-21-24(35)32-18-34(25(21)37)16-30(41)10-12-33(13-11-30)26(38)29(3)8-9-29/h4-7,14,18,22,41H,8-13,15-17H2,1-3H3,(H,39,40). The second-order valence-corrected chi connectivity index (χ2v) is 13.3. The van der Waals surface area contributed by atoms with Crippen LogP contribution in [0.2, 0.25) is 5.15 Å². The Morgan fingerprint density at radius 2 is 1.76 bits per heavy atom. The summed E-state index contributed by atoms with van der Waals surface area (Å²) in [5.41, 5.74) is -0.516. The Hall–Kier alpha value is -3.41. The van der Waals surface area contributed by atoms with Crippen molar-refractivity contribution < 1.29 is 24.5 Å². The summed E-state index contributed by atoms with van der Waals surface area (Å²) < 4.78 is 8.80. The third-order valence-corrected chi connectivity index (χ3v) is 9.42. The Kier molecular flexibility index (Phi) is 6.90. The molecule has 2 N–H and O–H groups in total. The number of carbonyl (C=O) groups is 2. The number of hydrogen-bond acceptors (Lipinski definition) is 6. The summed E-state index contributed by atoms with van der Waals surface area (Å²) in [6.45, 7) is 7.23. The first-order chi connectivity index (χ1) is 19.8. The largest absolute Gasteiger partial charge is 0.465 e. The summed E-state index contributed by atoms with van der Waals surface area (Å²) in [5.74, 6) is 0.156. The molecule has 1 aromatic carbocycles. The molecule has 1 atom stereocenters. The number of fused-ring (bicyclic) bond motifs is 1. The van der Waals surface area contributed by atoms with Crippen LogP contribution in [0.1, 0.15) is 58.1 Å². The second-order valence-electron chi connectivity index (χ2n) is 12.9. The number of ether oxygens (including phenoxy) is 1. The zero-order valence-electron chi connectivity index (χ0n) is 24.0. The average molecular weight is 598 g/mol. The van der Waals surface area contributed by atoms with Crippen LogP contribution in [0.25, 0.3) is 16.7 Å². The van der Waals surface area contributed by atoms with Crippen LogP contribution in [0, 0.1) is 5.41 Å². The Balaban J connectivity index is 1.22. The highest BCUT2D eigenvalue weighted by Gasteiger charge is 2.48. The summed E-state index contributed by atoms with van der Waals surface area (Å²) in [7, 11) is 0. The van der Waals surface area contributed by atoms with Crippen LogP contribution >= 0.6 is 11.6 Å². The molecule has 42 heavy (non-hydrogen) atoms. The molecule has 6 rings (SSSR count). The quantitative estimate of drug-likeness (QED) is 0.457. The van der Waals surface area contributed by atoms with Gasteiger partial charge in [-0.05, 0) is 63.3 Å². The van der Waals surface area contributed by atoms with E-state index in [1.165, 1.54) is 15.8 Å². The lowest BCUT2D eigenvalue weighted by Gasteiger charge is -2.45. The smallest absolute Gasteiger partial charge is 0.408 e. The SMILES string of the molecule is CC1(C(=O)N2CCC(O)(Cn3cnc4c(cc(Cl)n4-c4ccc(C5COCC(C)(C)N5C(=O)O)cc4)c3=O)CC2)CC1. The van der Waals surface area contributed by atoms with E-state index < -0.39 is 23.3 Å². The number of morpholine rings is 1. The van der Waals surface area contributed by atoms with Crippen LogP contribution < -0.4 is 5.56 Å². The zero-order valence-corrected chi connectivity index (χ0v) is 24.8. The number of benzene rings is 1. The Bertz CT molecular complexity index is 1600. The van der Waals surface area contributed by atoms with E-state index in [9.17, 15) is 24.6 Å². The van der Waals surface area contributed by atoms with Gasteiger partial charge in [0, 0.05) is 24.2 Å². The zero-order chi connectivity index (χ0) is 30.0. The van der Waals surface area contributed by atoms with Crippen LogP contribution in [0.15, 0.2) is 41.5 Å². The normalized spacial score (nSPS) is 22.7. The molecule has 2 amide bonds. The van der Waals surface area contributed by atoms with E-state index in [1.54, 1.807) is 10.6 Å². The van der Waals surface area contributed by atoms with Gasteiger partial charge >= 0.3 is 6.09 Å². The van der Waals surface area contributed by atoms with Gasteiger partial charge < -0.3 is 19.8 Å². The highest BCUT2D eigenvalue weighted by Crippen LogP contribution is 2.47. The molecule has 12 heteroatoms. The van der Waals surface area contributed by atoms with Gasteiger partial charge in [-0.25, -0.2) is 9.78 Å². The van der Waals surface area contributed by atoms with Gasteiger partial charge in [-0.2, -0.15) is 0 Å². The molecule has 4 heterocycles. The summed E-state index contributed by atoms with van der Waals surface area (Å²) in [4.78, 5) is 46.0. The molecule has 2 aromatic heterocycles. The van der Waals surface area contributed by atoms with E-state index in [0.29, 0.717) is 54.4 Å². The second kappa shape index (κ2) is 10.1. The van der Waals surface area contributed by atoms with Crippen molar-refractivity contribution in [3.05, 3.63) is 57.7 Å². The fourth-order valence-corrected chi connectivity index (χ4v) is 6.58. The van der Waals surface area contributed by atoms with E-state index >= 15 is 0 Å². The van der Waals surface area contributed by atoms with Gasteiger partial charge in [0.15, 0.2) is 5.65 Å². The molecule has 1 unspecified atom stereocenters. The Morgan fingerprint density at radius 3 is 2.38 bits per heavy atom. The first-order valence-electron chi connectivity index (χ1n) is 14.3. The van der Waals surface area contributed by atoms with Crippen molar-refractivity contribution in [1.82, 2.24) is 23.9 Å². The van der Waals surface area contributed by atoms with Gasteiger partial charge in [0.1, 0.15) is 11.5 Å². The summed E-state index contributed by atoms with van der Waals surface area (Å²) in [6.07, 6.45) is 3.02. The van der Waals surface area contributed by atoms with Crippen molar-refractivity contribution in [2.75, 3.05) is 26.3 Å². The highest BCUT2D eigenvalue weighted by atomic mass is 35.5. The van der Waals surface area contributed by atoms with Crippen LogP contribution in [-0.4, -0.2) is 83.6 Å². The molecular formula is C30H36ClN5O6. The molecule has 2 saturated heterocycles. The number of hydrogen-bond donors (Lipinski definition) is 2. The van der Waals surface area contributed by atoms with Crippen LogP contribution in [0.3, 0.4) is 0 Å². The van der Waals surface area contributed by atoms with Crippen LogP contribution in [-0.2, 0) is 16.1 Å². The van der Waals surface area contributed by atoms with Gasteiger partial charge in [-0.1, -0.05) is 30.7 Å². The van der Waals surface area contributed by atoms with Gasteiger partial charge in [-0.3, -0.25) is 23.6 Å². The number of halogens is 1. The number of aromatic nitrogens is 3. The lowest BCUT2D eigenvalue weighted by atomic mass is 9.90. The number of piperidine rings is 1. The maximum atomic E-state index is 13.5. The van der Waals surface area contributed by atoms with Crippen molar-refractivity contribution in [1.29, 1.82) is 0 Å². The summed E-state index contributed by atoms with van der Waals surface area (Å²) in [6, 6.07) is 8.41. The number of carboxylic acid groups (broad SMARTS) is 1. The number of nitrogens with zero attached hydrogens (tertiary/aromatic N) is 5. The number of aliphatic hydroxyl groups is 1. The number of rotatable bonds is 5. The third-order valence-electron chi connectivity index (χ3n) is 9.14. The number of amides is 2. The minimum Gasteiger partial charge on any atom is -0.465 e. The highest BCUT2D eigenvalue weighted by molar-refractivity contribution is 6.31. The van der Waals surface area contributed by atoms with Crippen LogP contribution in [0.4, 0.5) is 4.79 Å². The maximum absolute atomic E-state index is 13.5. The van der Waals surface area contributed by atoms with E-state index in [-0.39, 0.29) is 30.0 Å². The molecule has 1 saturated carbocycles. The Labute approximate surface area is 248 Å². The number of likely N-dealkylation sites (tertiary alicyclic amines) is 1. The third kappa shape index (κ3) is 4.97. The fraction of sp³-hybridized carbons (Fsp3) is 0.533. The van der Waals surface area contributed by atoms with Gasteiger partial charge in [-0.15, -0.1) is 0 Å². The Morgan fingerprint density at radius 1 is 1.10 bits per heavy atom. The molecule has 0 bridgehead atoms. The molecule has 0 radical (unpaired) electrons. The lowest BCUT2D eigenvalue weighted by Crippen LogP contribution is -2.56. The monoisotopic (exact) mass is 597 g/mol. The molecule has 224 valence electrons. The maximum Gasteiger partial charge on any atom is 0.408 e. The molecule has 0 spiro atoms. The van der Waals surface area contributed by atoms with E-state index in [4.69, 9.17) is 16.3 Å². The molecule has 1 aliphatic carbocycles. The summed E-state index contributed by atoms with van der Waals surface area (Å²) in [5, 5.41) is 21.8. The first kappa shape index (κ1) is 28.7. The first-order valence-corrected chi connectivity index (χ1v) is 14.7. The van der Waals surface area contributed by atoms with Crippen molar-refractivity contribution in [3.8, 4) is 5.69 Å². The van der Waals surface area contributed by atoms with Crippen molar-refractivity contribution in [2.45, 2.75) is 70.2 Å². The lowest BCUT2D eigenvalue weighted by molar-refractivity contribution is -0.141. The van der Waals surface area contributed by atoms with Crippen LogP contribution in [0.5, 0.6) is 0 Å². The molecule has 2 aliphatic heterocycles. The topological polar surface area (TPSA) is 130 Å². The van der Waals surface area contributed by atoms with E-state index in [1.807, 2.05) is 49.9 Å². The van der Waals surface area contributed by atoms with Crippen molar-refractivity contribution >= 4 is 34.6 Å². The van der Waals surface area contributed by atoms with E-state index in [2.05, 4.69) is 4.98 Å². The molecule has 3 fully saturated rings. The minimum atomic E-state index is -1.12. The van der Waals surface area contributed by atoms with Gasteiger partial charge in [0.2, 0.25) is 5.91 Å².